The molecule has 1 fully saturated rings. The summed E-state index contributed by atoms with van der Waals surface area (Å²) in [4.78, 5) is 2.63. The van der Waals surface area contributed by atoms with Crippen LogP contribution in [0.4, 0.5) is 0 Å². The third-order valence-corrected chi connectivity index (χ3v) is 3.57. The third kappa shape index (κ3) is 5.86. The van der Waals surface area contributed by atoms with E-state index in [4.69, 9.17) is 0 Å². The molecule has 0 aromatic rings. The number of piperidine rings is 1. The van der Waals surface area contributed by atoms with Crippen molar-refractivity contribution < 1.29 is 0 Å². The van der Waals surface area contributed by atoms with Crippen molar-refractivity contribution in [2.45, 2.75) is 59.4 Å². The normalized spacial score (nSPS) is 23.6. The molecule has 1 saturated heterocycles. The van der Waals surface area contributed by atoms with Crippen molar-refractivity contribution in [1.82, 2.24) is 10.2 Å². The SMILES string of the molecule is CC1CCCCN1CCNCCC(C)(C)C. The molecule has 1 heterocycles. The molecular weight excluding hydrogens is 196 g/mol. The van der Waals surface area contributed by atoms with Crippen molar-refractivity contribution in [3.63, 3.8) is 0 Å². The van der Waals surface area contributed by atoms with Gasteiger partial charge < -0.3 is 5.32 Å². The van der Waals surface area contributed by atoms with Gasteiger partial charge in [0.25, 0.3) is 0 Å². The molecule has 2 nitrogen and oxygen atoms in total. The zero-order valence-electron chi connectivity index (χ0n) is 11.7. The Bertz CT molecular complexity index is 184. The molecule has 1 N–H and O–H groups in total. The van der Waals surface area contributed by atoms with Crippen molar-refractivity contribution in [3.05, 3.63) is 0 Å². The van der Waals surface area contributed by atoms with Gasteiger partial charge in [-0.25, -0.2) is 0 Å². The lowest BCUT2D eigenvalue weighted by molar-refractivity contribution is 0.161. The molecule has 1 atom stereocenters. The Balaban J connectivity index is 2.02. The number of rotatable bonds is 5. The van der Waals surface area contributed by atoms with Gasteiger partial charge in [-0.15, -0.1) is 0 Å². The van der Waals surface area contributed by atoms with Gasteiger partial charge in [0.2, 0.25) is 0 Å². The molecule has 2 heteroatoms. The van der Waals surface area contributed by atoms with Gasteiger partial charge in [-0.3, -0.25) is 4.90 Å². The molecule has 1 rings (SSSR count). The molecule has 0 saturated carbocycles. The molecule has 1 aliphatic heterocycles. The van der Waals surface area contributed by atoms with E-state index in [1.165, 1.54) is 38.8 Å². The summed E-state index contributed by atoms with van der Waals surface area (Å²) < 4.78 is 0. The Kier molecular flexibility index (Phi) is 5.77. The van der Waals surface area contributed by atoms with Crippen LogP contribution in [0.3, 0.4) is 0 Å². The first-order valence-corrected chi connectivity index (χ1v) is 6.94. The molecule has 0 aliphatic carbocycles. The van der Waals surface area contributed by atoms with Gasteiger partial charge in [-0.05, 0) is 44.7 Å². The summed E-state index contributed by atoms with van der Waals surface area (Å²) in [6.45, 7) is 14.1. The minimum atomic E-state index is 0.464. The molecule has 0 aromatic heterocycles. The molecule has 0 bridgehead atoms. The summed E-state index contributed by atoms with van der Waals surface area (Å²) in [5.41, 5.74) is 0.464. The monoisotopic (exact) mass is 226 g/mol. The van der Waals surface area contributed by atoms with Crippen molar-refractivity contribution in [2.24, 2.45) is 5.41 Å². The third-order valence-electron chi connectivity index (χ3n) is 3.57. The molecule has 0 aromatic carbocycles. The van der Waals surface area contributed by atoms with Crippen LogP contribution >= 0.6 is 0 Å². The van der Waals surface area contributed by atoms with E-state index in [0.29, 0.717) is 5.41 Å². The first-order valence-electron chi connectivity index (χ1n) is 6.94. The summed E-state index contributed by atoms with van der Waals surface area (Å²) in [5.74, 6) is 0. The zero-order valence-corrected chi connectivity index (χ0v) is 11.7. The zero-order chi connectivity index (χ0) is 12.0. The summed E-state index contributed by atoms with van der Waals surface area (Å²) in [6, 6.07) is 0.804. The van der Waals surface area contributed by atoms with Gasteiger partial charge in [-0.2, -0.15) is 0 Å². The van der Waals surface area contributed by atoms with Crippen LogP contribution in [0.1, 0.15) is 53.4 Å². The average molecular weight is 226 g/mol. The van der Waals surface area contributed by atoms with Gasteiger partial charge in [0, 0.05) is 19.1 Å². The van der Waals surface area contributed by atoms with Crippen molar-refractivity contribution >= 4 is 0 Å². The smallest absolute Gasteiger partial charge is 0.0110 e. The molecule has 0 spiro atoms. The average Bonchev–Trinajstić information content (AvgIpc) is 2.18. The molecular formula is C14H30N2. The maximum atomic E-state index is 3.57. The van der Waals surface area contributed by atoms with Crippen LogP contribution in [0.2, 0.25) is 0 Å². The molecule has 96 valence electrons. The highest BCUT2D eigenvalue weighted by atomic mass is 15.2. The van der Waals surface area contributed by atoms with Gasteiger partial charge in [0.15, 0.2) is 0 Å². The first-order chi connectivity index (χ1) is 7.49. The predicted molar refractivity (Wildman–Crippen MR) is 71.8 cm³/mol. The van der Waals surface area contributed by atoms with Crippen LogP contribution in [0.25, 0.3) is 0 Å². The lowest BCUT2D eigenvalue weighted by Gasteiger charge is -2.33. The van der Waals surface area contributed by atoms with Crippen LogP contribution in [0.5, 0.6) is 0 Å². The maximum absolute atomic E-state index is 3.57. The molecule has 1 unspecified atom stereocenters. The van der Waals surface area contributed by atoms with E-state index in [-0.39, 0.29) is 0 Å². The van der Waals surface area contributed by atoms with Crippen LogP contribution in [0.15, 0.2) is 0 Å². The maximum Gasteiger partial charge on any atom is 0.0110 e. The van der Waals surface area contributed by atoms with E-state index in [0.717, 1.165) is 19.1 Å². The fourth-order valence-corrected chi connectivity index (χ4v) is 2.30. The Labute approximate surface area is 102 Å². The highest BCUT2D eigenvalue weighted by molar-refractivity contribution is 4.73. The van der Waals surface area contributed by atoms with Crippen LogP contribution in [-0.4, -0.2) is 37.1 Å². The number of nitrogens with one attached hydrogen (secondary N) is 1. The Hall–Kier alpha value is -0.0800. The topological polar surface area (TPSA) is 15.3 Å². The van der Waals surface area contributed by atoms with Gasteiger partial charge in [0.1, 0.15) is 0 Å². The summed E-state index contributed by atoms with van der Waals surface area (Å²) >= 11 is 0. The number of nitrogens with zero attached hydrogens (tertiary/aromatic N) is 1. The molecule has 1 aliphatic rings. The summed E-state index contributed by atoms with van der Waals surface area (Å²) in [6.07, 6.45) is 5.48. The highest BCUT2D eigenvalue weighted by Gasteiger charge is 2.17. The second kappa shape index (κ2) is 6.61. The van der Waals surface area contributed by atoms with Crippen LogP contribution in [-0.2, 0) is 0 Å². The largest absolute Gasteiger partial charge is 0.315 e. The lowest BCUT2D eigenvalue weighted by atomic mass is 9.92. The van der Waals surface area contributed by atoms with E-state index < -0.39 is 0 Å². The fraction of sp³-hybridized carbons (Fsp3) is 1.00. The number of likely N-dealkylation sites (tertiary alicyclic amines) is 1. The van der Waals surface area contributed by atoms with E-state index >= 15 is 0 Å². The predicted octanol–water partition coefficient (Wildman–Crippen LogP) is 2.89. The van der Waals surface area contributed by atoms with Gasteiger partial charge in [-0.1, -0.05) is 27.2 Å². The Morgan fingerprint density at radius 2 is 1.94 bits per heavy atom. The number of hydrogen-bond acceptors (Lipinski definition) is 2. The standard InChI is InChI=1S/C14H30N2/c1-13-7-5-6-11-16(13)12-10-15-9-8-14(2,3)4/h13,15H,5-12H2,1-4H3. The summed E-state index contributed by atoms with van der Waals surface area (Å²) in [5, 5.41) is 3.57. The number of hydrogen-bond donors (Lipinski definition) is 1. The Morgan fingerprint density at radius 1 is 1.19 bits per heavy atom. The van der Waals surface area contributed by atoms with E-state index in [9.17, 15) is 0 Å². The minimum absolute atomic E-state index is 0.464. The molecule has 0 radical (unpaired) electrons. The fourth-order valence-electron chi connectivity index (χ4n) is 2.30. The van der Waals surface area contributed by atoms with Gasteiger partial charge >= 0.3 is 0 Å². The second-order valence-electron chi connectivity index (χ2n) is 6.44. The lowest BCUT2D eigenvalue weighted by Crippen LogP contribution is -2.41. The molecule has 16 heavy (non-hydrogen) atoms. The van der Waals surface area contributed by atoms with Crippen molar-refractivity contribution in [2.75, 3.05) is 26.2 Å². The highest BCUT2D eigenvalue weighted by Crippen LogP contribution is 2.17. The second-order valence-corrected chi connectivity index (χ2v) is 6.44. The first kappa shape index (κ1) is 14.0. The van der Waals surface area contributed by atoms with Gasteiger partial charge in [0.05, 0.1) is 0 Å². The van der Waals surface area contributed by atoms with E-state index in [2.05, 4.69) is 37.9 Å². The Morgan fingerprint density at radius 3 is 2.56 bits per heavy atom. The van der Waals surface area contributed by atoms with Crippen molar-refractivity contribution in [3.8, 4) is 0 Å². The quantitative estimate of drug-likeness (QED) is 0.725. The molecule has 0 amide bonds. The van der Waals surface area contributed by atoms with Crippen LogP contribution < -0.4 is 5.32 Å². The summed E-state index contributed by atoms with van der Waals surface area (Å²) in [7, 11) is 0. The van der Waals surface area contributed by atoms with E-state index in [1.54, 1.807) is 0 Å². The van der Waals surface area contributed by atoms with Crippen molar-refractivity contribution in [1.29, 1.82) is 0 Å². The van der Waals surface area contributed by atoms with E-state index in [1.807, 2.05) is 0 Å². The van der Waals surface area contributed by atoms with Crippen LogP contribution in [0, 0.1) is 5.41 Å². The minimum Gasteiger partial charge on any atom is -0.315 e.